The third kappa shape index (κ3) is 1.96. The van der Waals surface area contributed by atoms with Gasteiger partial charge in [-0.1, -0.05) is 18.0 Å². The van der Waals surface area contributed by atoms with E-state index in [9.17, 15) is 0 Å². The van der Waals surface area contributed by atoms with Crippen LogP contribution in [0.1, 0.15) is 48.8 Å². The largest absolute Gasteiger partial charge is 0.495 e. The summed E-state index contributed by atoms with van der Waals surface area (Å²) < 4.78 is 5.64. The lowest BCUT2D eigenvalue weighted by Crippen LogP contribution is -2.43. The summed E-state index contributed by atoms with van der Waals surface area (Å²) in [5, 5.41) is 0.762. The Hall–Kier alpha value is -0.730. The van der Waals surface area contributed by atoms with Crippen molar-refractivity contribution < 1.29 is 4.74 Å². The number of ether oxygens (including phenoxy) is 1. The lowest BCUT2D eigenvalue weighted by Gasteiger charge is -2.44. The van der Waals surface area contributed by atoms with Gasteiger partial charge in [-0.05, 0) is 55.7 Å². The van der Waals surface area contributed by atoms with Crippen LogP contribution in [0.3, 0.4) is 0 Å². The maximum atomic E-state index is 6.44. The fraction of sp³-hybridized carbons (Fsp3) is 0.625. The van der Waals surface area contributed by atoms with Crippen LogP contribution >= 0.6 is 11.6 Å². The highest BCUT2D eigenvalue weighted by Gasteiger charge is 2.42. The molecule has 19 heavy (non-hydrogen) atoms. The summed E-state index contributed by atoms with van der Waals surface area (Å²) in [6.07, 6.45) is 8.45. The van der Waals surface area contributed by atoms with Crippen LogP contribution in [-0.4, -0.2) is 13.7 Å². The maximum absolute atomic E-state index is 6.44. The van der Waals surface area contributed by atoms with Gasteiger partial charge in [0.2, 0.25) is 0 Å². The van der Waals surface area contributed by atoms with E-state index in [1.807, 2.05) is 0 Å². The number of benzene rings is 1. The van der Waals surface area contributed by atoms with Crippen molar-refractivity contribution in [2.75, 3.05) is 13.7 Å². The Bertz CT molecular complexity index is 489. The second-order valence-electron chi connectivity index (χ2n) is 5.95. The minimum atomic E-state index is 0.123. The molecule has 1 aromatic rings. The summed E-state index contributed by atoms with van der Waals surface area (Å²) in [5.74, 6) is 0.882. The van der Waals surface area contributed by atoms with Gasteiger partial charge in [-0.3, -0.25) is 0 Å². The first kappa shape index (κ1) is 13.3. The zero-order valence-electron chi connectivity index (χ0n) is 11.6. The van der Waals surface area contributed by atoms with Gasteiger partial charge < -0.3 is 10.5 Å². The van der Waals surface area contributed by atoms with Gasteiger partial charge in [-0.15, -0.1) is 0 Å². The van der Waals surface area contributed by atoms with E-state index in [-0.39, 0.29) is 5.41 Å². The molecule has 1 fully saturated rings. The number of hydrogen-bond donors (Lipinski definition) is 1. The van der Waals surface area contributed by atoms with E-state index in [0.717, 1.165) is 23.6 Å². The van der Waals surface area contributed by atoms with Gasteiger partial charge in [0.15, 0.2) is 0 Å². The molecule has 3 heteroatoms. The Kier molecular flexibility index (Phi) is 3.48. The van der Waals surface area contributed by atoms with E-state index in [0.29, 0.717) is 6.54 Å². The van der Waals surface area contributed by atoms with E-state index >= 15 is 0 Å². The van der Waals surface area contributed by atoms with E-state index in [2.05, 4.69) is 6.07 Å². The number of nitrogens with two attached hydrogens (primary N) is 1. The Morgan fingerprint density at radius 1 is 1.26 bits per heavy atom. The van der Waals surface area contributed by atoms with Gasteiger partial charge in [-0.2, -0.15) is 0 Å². The molecule has 0 aromatic heterocycles. The van der Waals surface area contributed by atoms with E-state index in [4.69, 9.17) is 22.1 Å². The van der Waals surface area contributed by atoms with Crippen LogP contribution in [0.4, 0.5) is 0 Å². The topological polar surface area (TPSA) is 35.2 Å². The van der Waals surface area contributed by atoms with Crippen molar-refractivity contribution in [2.45, 2.75) is 50.4 Å². The molecule has 1 saturated carbocycles. The minimum Gasteiger partial charge on any atom is -0.495 e. The molecule has 0 amide bonds. The number of rotatable bonds is 3. The predicted molar refractivity (Wildman–Crippen MR) is 79.2 cm³/mol. The van der Waals surface area contributed by atoms with Crippen molar-refractivity contribution >= 4 is 11.6 Å². The standard InChI is InChI=1S/C16H22ClNO/c1-19-15-13(17)9-11-5-2-3-6-12(11)14(15)16(10-18)7-4-8-16/h9H,2-8,10,18H2,1H3. The highest BCUT2D eigenvalue weighted by molar-refractivity contribution is 6.32. The Balaban J connectivity index is 2.22. The molecule has 0 saturated heterocycles. The third-order valence-electron chi connectivity index (χ3n) is 4.99. The van der Waals surface area contributed by atoms with E-state index < -0.39 is 0 Å². The first-order valence-electron chi connectivity index (χ1n) is 7.30. The first-order chi connectivity index (χ1) is 9.22. The lowest BCUT2D eigenvalue weighted by molar-refractivity contribution is 0.241. The van der Waals surface area contributed by atoms with Crippen molar-refractivity contribution in [2.24, 2.45) is 5.73 Å². The SMILES string of the molecule is COc1c(Cl)cc2c(c1C1(CN)CCC1)CCCC2. The average Bonchev–Trinajstić information content (AvgIpc) is 2.38. The van der Waals surface area contributed by atoms with Crippen molar-refractivity contribution in [3.63, 3.8) is 0 Å². The van der Waals surface area contributed by atoms with E-state index in [1.165, 1.54) is 48.8 Å². The fourth-order valence-electron chi connectivity index (χ4n) is 3.77. The highest BCUT2D eigenvalue weighted by atomic mass is 35.5. The highest BCUT2D eigenvalue weighted by Crippen LogP contribution is 2.51. The van der Waals surface area contributed by atoms with Gasteiger partial charge in [0.1, 0.15) is 5.75 Å². The van der Waals surface area contributed by atoms with Crippen molar-refractivity contribution in [1.82, 2.24) is 0 Å². The molecule has 2 nitrogen and oxygen atoms in total. The zero-order chi connectivity index (χ0) is 13.5. The van der Waals surface area contributed by atoms with Gasteiger partial charge >= 0.3 is 0 Å². The summed E-state index contributed by atoms with van der Waals surface area (Å²) in [6, 6.07) is 2.11. The third-order valence-corrected chi connectivity index (χ3v) is 5.27. The molecule has 1 aromatic carbocycles. The van der Waals surface area contributed by atoms with Crippen molar-refractivity contribution in [1.29, 1.82) is 0 Å². The summed E-state index contributed by atoms with van der Waals surface area (Å²) >= 11 is 6.44. The lowest BCUT2D eigenvalue weighted by atomic mass is 9.62. The molecule has 104 valence electrons. The smallest absolute Gasteiger partial charge is 0.141 e. The fourth-order valence-corrected chi connectivity index (χ4v) is 4.07. The molecular formula is C16H22ClNO. The molecule has 0 spiro atoms. The zero-order valence-corrected chi connectivity index (χ0v) is 12.4. The summed E-state index contributed by atoms with van der Waals surface area (Å²) in [7, 11) is 1.73. The number of aryl methyl sites for hydroxylation is 1. The maximum Gasteiger partial charge on any atom is 0.141 e. The first-order valence-corrected chi connectivity index (χ1v) is 7.68. The molecule has 0 unspecified atom stereocenters. The van der Waals surface area contributed by atoms with Crippen molar-refractivity contribution in [3.8, 4) is 5.75 Å². The molecule has 2 N–H and O–H groups in total. The molecule has 2 aliphatic rings. The molecule has 0 radical (unpaired) electrons. The second-order valence-corrected chi connectivity index (χ2v) is 6.36. The number of hydrogen-bond acceptors (Lipinski definition) is 2. The summed E-state index contributed by atoms with van der Waals surface area (Å²) in [4.78, 5) is 0. The molecule has 3 rings (SSSR count). The molecule has 0 heterocycles. The van der Waals surface area contributed by atoms with Crippen LogP contribution in [0.25, 0.3) is 0 Å². The Labute approximate surface area is 120 Å². The second kappa shape index (κ2) is 4.99. The van der Waals surface area contributed by atoms with Crippen molar-refractivity contribution in [3.05, 3.63) is 27.8 Å². The molecule has 0 aliphatic heterocycles. The van der Waals surface area contributed by atoms with Crippen LogP contribution in [0.15, 0.2) is 6.07 Å². The number of fused-ring (bicyclic) bond motifs is 1. The van der Waals surface area contributed by atoms with Crippen LogP contribution in [0, 0.1) is 0 Å². The molecule has 0 atom stereocenters. The Morgan fingerprint density at radius 2 is 2.00 bits per heavy atom. The van der Waals surface area contributed by atoms with Gasteiger partial charge in [0, 0.05) is 17.5 Å². The molecular weight excluding hydrogens is 258 g/mol. The van der Waals surface area contributed by atoms with Gasteiger partial charge in [0.25, 0.3) is 0 Å². The normalized spacial score (nSPS) is 20.6. The van der Waals surface area contributed by atoms with Crippen LogP contribution in [-0.2, 0) is 18.3 Å². The van der Waals surface area contributed by atoms with Crippen LogP contribution in [0.5, 0.6) is 5.75 Å². The molecule has 2 aliphatic carbocycles. The summed E-state index contributed by atoms with van der Waals surface area (Å²) in [6.45, 7) is 0.705. The van der Waals surface area contributed by atoms with Gasteiger partial charge in [0.05, 0.1) is 12.1 Å². The predicted octanol–water partition coefficient (Wildman–Crippen LogP) is 3.61. The average molecular weight is 280 g/mol. The number of halogens is 1. The monoisotopic (exact) mass is 279 g/mol. The molecule has 0 bridgehead atoms. The van der Waals surface area contributed by atoms with E-state index in [1.54, 1.807) is 7.11 Å². The summed E-state index contributed by atoms with van der Waals surface area (Å²) in [5.41, 5.74) is 10.5. The Morgan fingerprint density at radius 3 is 2.58 bits per heavy atom. The van der Waals surface area contributed by atoms with Gasteiger partial charge in [-0.25, -0.2) is 0 Å². The minimum absolute atomic E-state index is 0.123. The van der Waals surface area contributed by atoms with Crippen LogP contribution in [0.2, 0.25) is 5.02 Å². The van der Waals surface area contributed by atoms with Crippen LogP contribution < -0.4 is 10.5 Å². The number of methoxy groups -OCH3 is 1. The quantitative estimate of drug-likeness (QED) is 0.917.